The number of nitrogens with zero attached hydrogens (tertiary/aromatic N) is 2. The molecule has 0 bridgehead atoms. The molecule has 2 fully saturated rings. The first-order valence-corrected chi connectivity index (χ1v) is 10.1. The Bertz CT molecular complexity index is 556. The molecule has 0 aromatic carbocycles. The molecule has 2 heterocycles. The van der Waals surface area contributed by atoms with Crippen LogP contribution >= 0.6 is 0 Å². The minimum atomic E-state index is -1.30. The van der Waals surface area contributed by atoms with Gasteiger partial charge in [-0.1, -0.05) is 0 Å². The molecule has 0 amide bonds. The molecule has 0 atom stereocenters. The highest BCUT2D eigenvalue weighted by molar-refractivity contribution is 5.56. The fraction of sp³-hybridized carbons (Fsp3) is 0.900. The lowest BCUT2D eigenvalue weighted by atomic mass is 9.76. The van der Waals surface area contributed by atoms with Crippen molar-refractivity contribution in [3.63, 3.8) is 0 Å². The molecule has 2 aliphatic heterocycles. The van der Waals surface area contributed by atoms with Crippen LogP contribution in [0.2, 0.25) is 0 Å². The molecule has 9 heteroatoms. The van der Waals surface area contributed by atoms with Gasteiger partial charge >= 0.3 is 12.3 Å². The molecule has 0 aliphatic carbocycles. The summed E-state index contributed by atoms with van der Waals surface area (Å²) in [4.78, 5) is 32.5. The van der Waals surface area contributed by atoms with Crippen LogP contribution < -0.4 is 5.32 Å². The van der Waals surface area contributed by atoms with Gasteiger partial charge in [-0.3, -0.25) is 0 Å². The first kappa shape index (κ1) is 23.7. The van der Waals surface area contributed by atoms with Crippen LogP contribution in [0.5, 0.6) is 0 Å². The van der Waals surface area contributed by atoms with Crippen LogP contribution in [0.15, 0.2) is 0 Å². The zero-order valence-corrected chi connectivity index (χ0v) is 18.9. The molecular weight excluding hydrogens is 378 g/mol. The van der Waals surface area contributed by atoms with Crippen molar-refractivity contribution in [1.82, 2.24) is 15.4 Å². The average Bonchev–Trinajstić information content (AvgIpc) is 2.45. The second-order valence-electron chi connectivity index (χ2n) is 10.9. The van der Waals surface area contributed by atoms with Crippen molar-refractivity contribution in [2.75, 3.05) is 0 Å². The Labute approximate surface area is 173 Å². The summed E-state index contributed by atoms with van der Waals surface area (Å²) in [6, 6.07) is 0.356. The number of hydrogen-bond donors (Lipinski definition) is 3. The van der Waals surface area contributed by atoms with Gasteiger partial charge in [0.2, 0.25) is 0 Å². The highest BCUT2D eigenvalue weighted by Gasteiger charge is 2.51. The summed E-state index contributed by atoms with van der Waals surface area (Å²) in [6.07, 6.45) is 0.332. The highest BCUT2D eigenvalue weighted by atomic mass is 16.8. The topological polar surface area (TPSA) is 112 Å². The molecule has 2 aliphatic rings. The summed E-state index contributed by atoms with van der Waals surface area (Å²) in [6.45, 7) is 15.9. The van der Waals surface area contributed by atoms with Crippen molar-refractivity contribution in [1.29, 1.82) is 0 Å². The van der Waals surface area contributed by atoms with E-state index in [4.69, 9.17) is 19.9 Å². The molecular formula is C20H37N3O6. The summed E-state index contributed by atoms with van der Waals surface area (Å²) < 4.78 is 0. The number of rotatable bonds is 4. The van der Waals surface area contributed by atoms with Crippen molar-refractivity contribution in [3.8, 4) is 0 Å². The molecule has 0 saturated carbocycles. The second-order valence-corrected chi connectivity index (χ2v) is 10.9. The van der Waals surface area contributed by atoms with E-state index in [2.05, 4.69) is 5.32 Å². The van der Waals surface area contributed by atoms with Gasteiger partial charge in [0.05, 0.1) is 22.2 Å². The Balaban J connectivity index is 2.15. The Morgan fingerprint density at radius 2 is 0.931 bits per heavy atom. The number of carbonyl (C=O) groups is 2. The van der Waals surface area contributed by atoms with Crippen molar-refractivity contribution >= 4 is 12.3 Å². The quantitative estimate of drug-likeness (QED) is 0.630. The van der Waals surface area contributed by atoms with Crippen LogP contribution in [0, 0.1) is 0 Å². The molecule has 0 radical (unpaired) electrons. The third kappa shape index (κ3) is 5.32. The molecule has 9 nitrogen and oxygen atoms in total. The maximum Gasteiger partial charge on any atom is 0.525 e. The van der Waals surface area contributed by atoms with Gasteiger partial charge < -0.3 is 25.2 Å². The zero-order valence-electron chi connectivity index (χ0n) is 18.9. The fourth-order valence-corrected chi connectivity index (χ4v) is 5.75. The Morgan fingerprint density at radius 1 is 0.690 bits per heavy atom. The van der Waals surface area contributed by atoms with Crippen LogP contribution in [0.3, 0.4) is 0 Å². The van der Waals surface area contributed by atoms with Gasteiger partial charge in [0, 0.05) is 12.1 Å². The minimum Gasteiger partial charge on any atom is -0.448 e. The second kappa shape index (κ2) is 7.59. The van der Waals surface area contributed by atoms with Crippen molar-refractivity contribution in [2.24, 2.45) is 0 Å². The summed E-state index contributed by atoms with van der Waals surface area (Å²) >= 11 is 0. The maximum absolute atomic E-state index is 11.2. The fourth-order valence-electron chi connectivity index (χ4n) is 5.75. The average molecular weight is 416 g/mol. The van der Waals surface area contributed by atoms with E-state index in [1.165, 1.54) is 0 Å². The number of hydroxylamine groups is 4. The van der Waals surface area contributed by atoms with E-state index in [1.807, 2.05) is 55.4 Å². The van der Waals surface area contributed by atoms with Crippen LogP contribution in [0.4, 0.5) is 9.59 Å². The molecule has 0 aromatic rings. The highest BCUT2D eigenvalue weighted by Crippen LogP contribution is 2.42. The van der Waals surface area contributed by atoms with E-state index in [0.29, 0.717) is 0 Å². The van der Waals surface area contributed by atoms with Gasteiger partial charge in [-0.2, -0.15) is 0 Å². The van der Waals surface area contributed by atoms with E-state index in [-0.39, 0.29) is 12.1 Å². The van der Waals surface area contributed by atoms with Gasteiger partial charge in [0.1, 0.15) is 0 Å². The smallest absolute Gasteiger partial charge is 0.448 e. The van der Waals surface area contributed by atoms with Crippen LogP contribution in [0.1, 0.15) is 81.1 Å². The zero-order chi connectivity index (χ0) is 22.4. The van der Waals surface area contributed by atoms with E-state index in [0.717, 1.165) is 25.7 Å². The number of nitrogens with one attached hydrogen (secondary N) is 1. The summed E-state index contributed by atoms with van der Waals surface area (Å²) in [5.41, 5.74) is -1.85. The largest absolute Gasteiger partial charge is 0.525 e. The Morgan fingerprint density at radius 3 is 1.14 bits per heavy atom. The van der Waals surface area contributed by atoms with Gasteiger partial charge in [-0.25, -0.2) is 9.59 Å². The third-order valence-corrected chi connectivity index (χ3v) is 5.99. The minimum absolute atomic E-state index is 0.178. The third-order valence-electron chi connectivity index (χ3n) is 5.99. The SMILES string of the molecule is CC1(C)CC(NC2CC(C)(C)N(OC(=O)O)C(C)(C)C2)CC(C)(C)N1OC(=O)O. The van der Waals surface area contributed by atoms with E-state index >= 15 is 0 Å². The molecule has 0 spiro atoms. The monoisotopic (exact) mass is 415 g/mol. The van der Waals surface area contributed by atoms with E-state index in [9.17, 15) is 9.59 Å². The molecule has 168 valence electrons. The van der Waals surface area contributed by atoms with Crippen LogP contribution in [-0.2, 0) is 9.68 Å². The first-order valence-electron chi connectivity index (χ1n) is 10.1. The lowest BCUT2D eigenvalue weighted by Gasteiger charge is -2.55. The van der Waals surface area contributed by atoms with Crippen LogP contribution in [0.25, 0.3) is 0 Å². The van der Waals surface area contributed by atoms with Crippen molar-refractivity contribution in [2.45, 2.75) is 115 Å². The predicted octanol–water partition coefficient (Wildman–Crippen LogP) is 3.84. The first-order chi connectivity index (χ1) is 13.0. The van der Waals surface area contributed by atoms with Gasteiger partial charge in [-0.05, 0) is 81.1 Å². The molecule has 29 heavy (non-hydrogen) atoms. The molecule has 3 N–H and O–H groups in total. The lowest BCUT2D eigenvalue weighted by Crippen LogP contribution is -2.67. The van der Waals surface area contributed by atoms with Gasteiger partial charge in [0.25, 0.3) is 0 Å². The molecule has 0 unspecified atom stereocenters. The molecule has 0 aromatic heterocycles. The van der Waals surface area contributed by atoms with Gasteiger partial charge in [0.15, 0.2) is 0 Å². The van der Waals surface area contributed by atoms with Crippen LogP contribution in [-0.4, -0.2) is 66.9 Å². The van der Waals surface area contributed by atoms with Crippen molar-refractivity contribution in [3.05, 3.63) is 0 Å². The number of hydrogen-bond acceptors (Lipinski definition) is 7. The summed E-state index contributed by atoms with van der Waals surface area (Å²) in [7, 11) is 0. The molecule has 2 saturated heterocycles. The standard InChI is InChI=1S/C20H37N3O6/c1-17(2)9-13(10-18(3,4)22(17)28-15(24)25)21-14-11-19(5,6)23(29-16(26)27)20(7,8)12-14/h13-14,21H,9-12H2,1-8H3,(H,24,25)(H,26,27). The Hall–Kier alpha value is -1.58. The lowest BCUT2D eigenvalue weighted by molar-refractivity contribution is -0.259. The number of carboxylic acid groups (broad SMARTS) is 2. The normalized spacial score (nSPS) is 27.3. The van der Waals surface area contributed by atoms with E-state index in [1.54, 1.807) is 10.1 Å². The summed E-state index contributed by atoms with van der Waals surface area (Å²) in [5.74, 6) is 0. The summed E-state index contributed by atoms with van der Waals surface area (Å²) in [5, 5.41) is 25.2. The van der Waals surface area contributed by atoms with Crippen molar-refractivity contribution < 1.29 is 29.5 Å². The van der Waals surface area contributed by atoms with Gasteiger partial charge in [-0.15, -0.1) is 10.1 Å². The predicted molar refractivity (Wildman–Crippen MR) is 107 cm³/mol. The maximum atomic E-state index is 11.2. The number of piperidine rings is 2. The van der Waals surface area contributed by atoms with E-state index < -0.39 is 34.5 Å². The molecule has 2 rings (SSSR count). The Kier molecular flexibility index (Phi) is 6.20.